The van der Waals surface area contributed by atoms with Gasteiger partial charge in [-0.05, 0) is 12.1 Å². The summed E-state index contributed by atoms with van der Waals surface area (Å²) in [7, 11) is 0. The van der Waals surface area contributed by atoms with Gasteiger partial charge in [-0.25, -0.2) is 14.8 Å². The number of hydrogen-bond donors (Lipinski definition) is 3. The third-order valence-electron chi connectivity index (χ3n) is 4.33. The first-order valence-electron chi connectivity index (χ1n) is 9.42. The highest BCUT2D eigenvalue weighted by atomic mass is 32.1. The van der Waals surface area contributed by atoms with E-state index in [0.717, 1.165) is 4.88 Å². The number of ether oxygens (including phenoxy) is 1. The van der Waals surface area contributed by atoms with Crippen molar-refractivity contribution in [3.63, 3.8) is 0 Å². The van der Waals surface area contributed by atoms with E-state index in [2.05, 4.69) is 15.0 Å². The molecule has 0 aliphatic heterocycles. The van der Waals surface area contributed by atoms with Crippen LogP contribution in [0.1, 0.15) is 31.1 Å². The minimum absolute atomic E-state index is 0.0335. The smallest absolute Gasteiger partial charge is 0.399 e. The Morgan fingerprint density at radius 2 is 1.90 bits per heavy atom. The van der Waals surface area contributed by atoms with Gasteiger partial charge in [0.1, 0.15) is 5.52 Å². The number of ketones is 1. The molecule has 30 heavy (non-hydrogen) atoms. The summed E-state index contributed by atoms with van der Waals surface area (Å²) in [6.45, 7) is 5.22. The Labute approximate surface area is 177 Å². The minimum atomic E-state index is -0.656. The lowest BCUT2D eigenvalue weighted by Crippen LogP contribution is -2.37. The second-order valence-corrected chi connectivity index (χ2v) is 8.70. The van der Waals surface area contributed by atoms with E-state index in [0.29, 0.717) is 27.5 Å². The molecule has 0 saturated carbocycles. The van der Waals surface area contributed by atoms with Gasteiger partial charge >= 0.3 is 6.09 Å². The number of hydrogen-bond acceptors (Lipinski definition) is 8. The number of rotatable bonds is 7. The lowest BCUT2D eigenvalue weighted by molar-refractivity contribution is 0.0860. The molecule has 0 fully saturated rings. The Morgan fingerprint density at radius 1 is 1.20 bits per heavy atom. The first-order chi connectivity index (χ1) is 14.2. The van der Waals surface area contributed by atoms with Crippen molar-refractivity contribution in [3.05, 3.63) is 30.1 Å². The average Bonchev–Trinajstić information content (AvgIpc) is 3.32. The zero-order chi connectivity index (χ0) is 21.9. The lowest BCUT2D eigenvalue weighted by Gasteiger charge is -2.19. The van der Waals surface area contributed by atoms with Crippen LogP contribution in [0.4, 0.5) is 4.79 Å². The Kier molecular flexibility index (Phi) is 6.49. The molecule has 0 aliphatic carbocycles. The van der Waals surface area contributed by atoms with Crippen LogP contribution in [0, 0.1) is 5.41 Å². The summed E-state index contributed by atoms with van der Waals surface area (Å²) in [6, 6.07) is 3.39. The van der Waals surface area contributed by atoms with Crippen molar-refractivity contribution >= 4 is 34.4 Å². The topological polar surface area (TPSA) is 129 Å². The van der Waals surface area contributed by atoms with Crippen LogP contribution in [0.3, 0.4) is 0 Å². The van der Waals surface area contributed by atoms with E-state index in [1.807, 2.05) is 20.8 Å². The predicted molar refractivity (Wildman–Crippen MR) is 113 cm³/mol. The van der Waals surface area contributed by atoms with Crippen LogP contribution in [0.25, 0.3) is 21.7 Å². The number of aromatic nitrogens is 3. The second-order valence-electron chi connectivity index (χ2n) is 7.65. The summed E-state index contributed by atoms with van der Waals surface area (Å²) in [5.41, 5.74) is 1.51. The fourth-order valence-corrected chi connectivity index (χ4v) is 3.59. The molecule has 3 heterocycles. The van der Waals surface area contributed by atoms with E-state index >= 15 is 0 Å². The molecule has 3 N–H and O–H groups in total. The van der Waals surface area contributed by atoms with Crippen molar-refractivity contribution in [2.75, 3.05) is 26.3 Å². The lowest BCUT2D eigenvalue weighted by atomic mass is 9.87. The Hall–Kier alpha value is -2.82. The first-order valence-corrected chi connectivity index (χ1v) is 10.2. The number of H-pyrrole nitrogens is 1. The molecule has 10 heteroatoms. The van der Waals surface area contributed by atoms with Crippen LogP contribution < -0.4 is 4.74 Å². The maximum Gasteiger partial charge on any atom is 0.416 e. The van der Waals surface area contributed by atoms with Crippen molar-refractivity contribution in [2.45, 2.75) is 20.8 Å². The van der Waals surface area contributed by atoms with Crippen LogP contribution in [-0.4, -0.2) is 68.2 Å². The number of Topliss-reactive ketones (excluding diaryl/α,β-unsaturated/α-hetero) is 1. The van der Waals surface area contributed by atoms with Crippen LogP contribution >= 0.6 is 11.3 Å². The van der Waals surface area contributed by atoms with Gasteiger partial charge in [0.2, 0.25) is 0 Å². The molecule has 3 aromatic heterocycles. The molecule has 0 radical (unpaired) electrons. The van der Waals surface area contributed by atoms with Gasteiger partial charge in [0.05, 0.1) is 35.5 Å². The standard InChI is InChI=1S/C20H24N4O5S/c1-20(2,3)17(27)12-10-21-18-16(12)23-13(11-22-18)14-4-5-15(30-14)29-19(28)24(6-8-25)7-9-26/h4-5,10-11,25-26H,6-9H2,1-3H3,(H,21,22). The summed E-state index contributed by atoms with van der Waals surface area (Å²) in [4.78, 5) is 38.8. The SMILES string of the molecule is CC(C)(C)C(=O)c1c[nH]c2ncc(-c3ccc(OC(=O)N(CCO)CCO)s3)nc12. The number of carbonyl (C=O) groups excluding carboxylic acids is 2. The molecule has 0 saturated heterocycles. The van der Waals surface area contributed by atoms with Gasteiger partial charge in [0, 0.05) is 24.7 Å². The number of carbonyl (C=O) groups is 2. The van der Waals surface area contributed by atoms with Crippen molar-refractivity contribution in [1.82, 2.24) is 19.9 Å². The van der Waals surface area contributed by atoms with Crippen LogP contribution in [0.2, 0.25) is 0 Å². The number of fused-ring (bicyclic) bond motifs is 1. The Balaban J connectivity index is 1.84. The van der Waals surface area contributed by atoms with Gasteiger partial charge in [-0.2, -0.15) is 0 Å². The van der Waals surface area contributed by atoms with Crippen LogP contribution in [0.5, 0.6) is 5.06 Å². The zero-order valence-electron chi connectivity index (χ0n) is 17.0. The largest absolute Gasteiger partial charge is 0.416 e. The number of nitrogens with one attached hydrogen (secondary N) is 1. The minimum Gasteiger partial charge on any atom is -0.399 e. The molecular weight excluding hydrogens is 408 g/mol. The summed E-state index contributed by atoms with van der Waals surface area (Å²) >= 11 is 1.21. The molecule has 9 nitrogen and oxygen atoms in total. The van der Waals surface area contributed by atoms with E-state index in [1.54, 1.807) is 24.5 Å². The normalized spacial score (nSPS) is 11.6. The average molecular weight is 433 g/mol. The monoisotopic (exact) mass is 432 g/mol. The number of aromatic amines is 1. The molecule has 3 rings (SSSR count). The van der Waals surface area contributed by atoms with Crippen molar-refractivity contribution < 1.29 is 24.5 Å². The van der Waals surface area contributed by atoms with Gasteiger partial charge in [0.25, 0.3) is 0 Å². The zero-order valence-corrected chi connectivity index (χ0v) is 17.8. The molecule has 0 aliphatic rings. The highest BCUT2D eigenvalue weighted by molar-refractivity contribution is 7.17. The Morgan fingerprint density at radius 3 is 2.53 bits per heavy atom. The Bertz CT molecular complexity index is 1050. The second kappa shape index (κ2) is 8.90. The molecule has 160 valence electrons. The first kappa shape index (κ1) is 21.9. The van der Waals surface area contributed by atoms with Gasteiger partial charge in [-0.15, -0.1) is 0 Å². The molecule has 0 atom stereocenters. The summed E-state index contributed by atoms with van der Waals surface area (Å²) in [6.07, 6.45) is 2.56. The number of aliphatic hydroxyl groups is 2. The van der Waals surface area contributed by atoms with E-state index < -0.39 is 11.5 Å². The van der Waals surface area contributed by atoms with E-state index in [-0.39, 0.29) is 32.1 Å². The van der Waals surface area contributed by atoms with Crippen molar-refractivity contribution in [1.29, 1.82) is 0 Å². The maximum atomic E-state index is 12.7. The molecule has 0 aromatic carbocycles. The number of nitrogens with zero attached hydrogens (tertiary/aromatic N) is 3. The van der Waals surface area contributed by atoms with Gasteiger partial charge in [0.15, 0.2) is 16.5 Å². The highest BCUT2D eigenvalue weighted by Gasteiger charge is 2.26. The van der Waals surface area contributed by atoms with E-state index in [4.69, 9.17) is 14.9 Å². The fourth-order valence-electron chi connectivity index (χ4n) is 2.79. The van der Waals surface area contributed by atoms with Gasteiger partial charge in [-0.1, -0.05) is 32.1 Å². The molecule has 0 unspecified atom stereocenters. The summed E-state index contributed by atoms with van der Waals surface area (Å²) in [5, 5.41) is 18.4. The predicted octanol–water partition coefficient (Wildman–Crippen LogP) is 2.70. The molecule has 3 aromatic rings. The molecular formula is C20H24N4O5S. The number of aliphatic hydroxyl groups excluding tert-OH is 2. The molecule has 1 amide bonds. The highest BCUT2D eigenvalue weighted by Crippen LogP contribution is 2.33. The summed E-state index contributed by atoms with van der Waals surface area (Å²) < 4.78 is 5.34. The third-order valence-corrected chi connectivity index (χ3v) is 5.31. The van der Waals surface area contributed by atoms with Gasteiger partial charge < -0.3 is 24.8 Å². The van der Waals surface area contributed by atoms with Crippen LogP contribution in [0.15, 0.2) is 24.5 Å². The van der Waals surface area contributed by atoms with E-state index in [9.17, 15) is 9.59 Å². The van der Waals surface area contributed by atoms with Crippen molar-refractivity contribution in [2.24, 2.45) is 5.41 Å². The van der Waals surface area contributed by atoms with Crippen molar-refractivity contribution in [3.8, 4) is 15.6 Å². The number of amides is 1. The molecule has 0 bridgehead atoms. The summed E-state index contributed by atoms with van der Waals surface area (Å²) in [5.74, 6) is -0.0335. The van der Waals surface area contributed by atoms with Crippen LogP contribution in [-0.2, 0) is 0 Å². The fraction of sp³-hybridized carbons (Fsp3) is 0.400. The molecule has 0 spiro atoms. The quantitative estimate of drug-likeness (QED) is 0.490. The number of thiophene rings is 1. The third kappa shape index (κ3) is 4.66. The van der Waals surface area contributed by atoms with E-state index in [1.165, 1.54) is 16.2 Å². The van der Waals surface area contributed by atoms with Gasteiger partial charge in [-0.3, -0.25) is 4.79 Å². The maximum absolute atomic E-state index is 12.7.